The minimum Gasteiger partial charge on any atom is -0.462 e. The Morgan fingerprint density at radius 3 is 2.62 bits per heavy atom. The molecule has 0 fully saturated rings. The summed E-state index contributed by atoms with van der Waals surface area (Å²) in [5.74, 6) is 0.232. The van der Waals surface area contributed by atoms with Crippen molar-refractivity contribution in [1.29, 1.82) is 0 Å². The van der Waals surface area contributed by atoms with Gasteiger partial charge in [-0.2, -0.15) is 0 Å². The number of carbonyl (C=O) groups excluding carboxylic acids is 1. The van der Waals surface area contributed by atoms with Gasteiger partial charge < -0.3 is 10.5 Å². The predicted molar refractivity (Wildman–Crippen MR) is 110 cm³/mol. The number of halogens is 2. The highest BCUT2D eigenvalue weighted by atomic mass is 79.9. The number of nitrogen functional groups attached to an aromatic ring is 1. The van der Waals surface area contributed by atoms with E-state index in [1.54, 1.807) is 6.07 Å². The van der Waals surface area contributed by atoms with Gasteiger partial charge in [-0.15, -0.1) is 11.6 Å². The third kappa shape index (κ3) is 6.31. The van der Waals surface area contributed by atoms with Crippen LogP contribution in [0.25, 0.3) is 0 Å². The largest absolute Gasteiger partial charge is 0.462 e. The van der Waals surface area contributed by atoms with Crippen LogP contribution < -0.4 is 5.73 Å². The number of benzene rings is 2. The summed E-state index contributed by atoms with van der Waals surface area (Å²) < 4.78 is 6.01. The molecule has 6 heteroatoms. The molecule has 140 valence electrons. The molecule has 0 aliphatic rings. The fourth-order valence-corrected chi connectivity index (χ4v) is 3.30. The second-order valence-corrected chi connectivity index (χ2v) is 7.45. The molecule has 0 saturated carbocycles. The number of hydrogen-bond acceptors (Lipinski definition) is 4. The number of hydrogen-bond donors (Lipinski definition) is 1. The van der Waals surface area contributed by atoms with Crippen molar-refractivity contribution in [2.45, 2.75) is 25.9 Å². The van der Waals surface area contributed by atoms with Crippen LogP contribution in [0.15, 0.2) is 46.9 Å². The summed E-state index contributed by atoms with van der Waals surface area (Å²) in [6, 6.07) is 13.7. The molecule has 0 atom stereocenters. The second kappa shape index (κ2) is 10.6. The highest BCUT2D eigenvalue weighted by molar-refractivity contribution is 9.10. The van der Waals surface area contributed by atoms with Crippen LogP contribution in [0.1, 0.15) is 34.3 Å². The SMILES string of the molecule is CN(Cc1ccccc1)Cc1cc(C(=O)OCCCCCl)cc(Br)c1N. The summed E-state index contributed by atoms with van der Waals surface area (Å²) in [5, 5.41) is 0. The van der Waals surface area contributed by atoms with Crippen LogP contribution in [-0.4, -0.2) is 30.4 Å². The molecule has 0 saturated heterocycles. The molecule has 2 N–H and O–H groups in total. The standard InChI is InChI=1S/C20H24BrClN2O2/c1-24(13-15-7-3-2-4-8-15)14-17-11-16(12-18(21)19(17)23)20(25)26-10-6-5-9-22/h2-4,7-8,11-12H,5-6,9-10,13-14,23H2,1H3. The number of rotatable bonds is 9. The molecule has 2 rings (SSSR count). The first-order chi connectivity index (χ1) is 12.5. The van der Waals surface area contributed by atoms with E-state index in [1.165, 1.54) is 5.56 Å². The quantitative estimate of drug-likeness (QED) is 0.263. The molecule has 0 aliphatic carbocycles. The first kappa shape index (κ1) is 20.7. The van der Waals surface area contributed by atoms with Crippen LogP contribution in [0.5, 0.6) is 0 Å². The minimum atomic E-state index is -0.341. The van der Waals surface area contributed by atoms with Gasteiger partial charge in [0.05, 0.1) is 17.9 Å². The van der Waals surface area contributed by atoms with E-state index in [0.29, 0.717) is 34.8 Å². The Balaban J connectivity index is 2.05. The molecule has 0 radical (unpaired) electrons. The van der Waals surface area contributed by atoms with E-state index in [9.17, 15) is 4.79 Å². The van der Waals surface area contributed by atoms with Gasteiger partial charge in [-0.1, -0.05) is 30.3 Å². The molecule has 0 heterocycles. The van der Waals surface area contributed by atoms with Gasteiger partial charge in [0.1, 0.15) is 0 Å². The maximum Gasteiger partial charge on any atom is 0.338 e. The van der Waals surface area contributed by atoms with E-state index in [-0.39, 0.29) is 5.97 Å². The third-order valence-electron chi connectivity index (χ3n) is 3.95. The van der Waals surface area contributed by atoms with Crippen molar-refractivity contribution in [2.75, 3.05) is 25.3 Å². The van der Waals surface area contributed by atoms with Crippen molar-refractivity contribution in [2.24, 2.45) is 0 Å². The number of nitrogens with zero attached hydrogens (tertiary/aromatic N) is 1. The lowest BCUT2D eigenvalue weighted by Gasteiger charge is -2.19. The number of anilines is 1. The smallest absolute Gasteiger partial charge is 0.338 e. The molecule has 0 spiro atoms. The van der Waals surface area contributed by atoms with Crippen LogP contribution in [0.4, 0.5) is 5.69 Å². The summed E-state index contributed by atoms with van der Waals surface area (Å²) in [7, 11) is 2.03. The predicted octanol–water partition coefficient (Wildman–Crippen LogP) is 4.84. The van der Waals surface area contributed by atoms with E-state index < -0.39 is 0 Å². The van der Waals surface area contributed by atoms with Crippen LogP contribution in [0.2, 0.25) is 0 Å². The van der Waals surface area contributed by atoms with Gasteiger partial charge in [0.2, 0.25) is 0 Å². The van der Waals surface area contributed by atoms with Crippen molar-refractivity contribution in [3.8, 4) is 0 Å². The lowest BCUT2D eigenvalue weighted by Crippen LogP contribution is -2.19. The average Bonchev–Trinajstić information content (AvgIpc) is 2.63. The minimum absolute atomic E-state index is 0.341. The number of esters is 1. The molecular weight excluding hydrogens is 416 g/mol. The van der Waals surface area contributed by atoms with Gasteiger partial charge in [0.25, 0.3) is 0 Å². The van der Waals surface area contributed by atoms with Crippen molar-refractivity contribution < 1.29 is 9.53 Å². The maximum atomic E-state index is 12.3. The van der Waals surface area contributed by atoms with Gasteiger partial charge in [-0.25, -0.2) is 4.79 Å². The fourth-order valence-electron chi connectivity index (χ4n) is 2.61. The zero-order chi connectivity index (χ0) is 18.9. The highest BCUT2D eigenvalue weighted by Gasteiger charge is 2.14. The molecule has 2 aromatic carbocycles. The Morgan fingerprint density at radius 2 is 1.92 bits per heavy atom. The summed E-state index contributed by atoms with van der Waals surface area (Å²) >= 11 is 9.08. The summed E-state index contributed by atoms with van der Waals surface area (Å²) in [4.78, 5) is 14.4. The van der Waals surface area contributed by atoms with Crippen LogP contribution in [0, 0.1) is 0 Å². The molecular formula is C20H24BrClN2O2. The molecule has 0 unspecified atom stereocenters. The first-order valence-electron chi connectivity index (χ1n) is 8.54. The first-order valence-corrected chi connectivity index (χ1v) is 9.87. The summed E-state index contributed by atoms with van der Waals surface area (Å²) in [6.45, 7) is 1.80. The van der Waals surface area contributed by atoms with Crippen LogP contribution in [-0.2, 0) is 17.8 Å². The second-order valence-electron chi connectivity index (χ2n) is 6.22. The molecule has 0 amide bonds. The van der Waals surface area contributed by atoms with E-state index in [0.717, 1.165) is 24.9 Å². The number of nitrogens with two attached hydrogens (primary N) is 1. The average molecular weight is 440 g/mol. The third-order valence-corrected chi connectivity index (χ3v) is 4.87. The Morgan fingerprint density at radius 1 is 1.19 bits per heavy atom. The highest BCUT2D eigenvalue weighted by Crippen LogP contribution is 2.27. The summed E-state index contributed by atoms with van der Waals surface area (Å²) in [6.07, 6.45) is 1.59. The maximum absolute atomic E-state index is 12.3. The van der Waals surface area contributed by atoms with Gasteiger partial charge >= 0.3 is 5.97 Å². The zero-order valence-electron chi connectivity index (χ0n) is 14.9. The van der Waals surface area contributed by atoms with E-state index in [2.05, 4.69) is 33.0 Å². The molecule has 0 aromatic heterocycles. The van der Waals surface area contributed by atoms with Crippen molar-refractivity contribution in [1.82, 2.24) is 4.90 Å². The van der Waals surface area contributed by atoms with Crippen molar-refractivity contribution >= 4 is 39.2 Å². The van der Waals surface area contributed by atoms with Gasteiger partial charge in [0, 0.05) is 23.4 Å². The van der Waals surface area contributed by atoms with Gasteiger partial charge in [0.15, 0.2) is 0 Å². The molecule has 2 aromatic rings. The lowest BCUT2D eigenvalue weighted by atomic mass is 10.1. The lowest BCUT2D eigenvalue weighted by molar-refractivity contribution is 0.0499. The number of ether oxygens (including phenoxy) is 1. The summed E-state index contributed by atoms with van der Waals surface area (Å²) in [5.41, 5.74) is 9.45. The number of unbranched alkanes of at least 4 members (excludes halogenated alkanes) is 1. The van der Waals surface area contributed by atoms with Crippen LogP contribution in [0.3, 0.4) is 0 Å². The Bertz CT molecular complexity index is 725. The van der Waals surface area contributed by atoms with Gasteiger partial charge in [-0.05, 0) is 59.1 Å². The Hall–Kier alpha value is -1.56. The van der Waals surface area contributed by atoms with Crippen molar-refractivity contribution in [3.05, 3.63) is 63.6 Å². The van der Waals surface area contributed by atoms with Crippen LogP contribution >= 0.6 is 27.5 Å². The topological polar surface area (TPSA) is 55.6 Å². The number of alkyl halides is 1. The Kier molecular flexibility index (Phi) is 8.42. The molecule has 0 aliphatic heterocycles. The van der Waals surface area contributed by atoms with E-state index in [1.807, 2.05) is 31.3 Å². The van der Waals surface area contributed by atoms with E-state index in [4.69, 9.17) is 22.1 Å². The monoisotopic (exact) mass is 438 g/mol. The van der Waals surface area contributed by atoms with E-state index >= 15 is 0 Å². The normalized spacial score (nSPS) is 10.9. The Labute approximate surface area is 168 Å². The molecule has 26 heavy (non-hydrogen) atoms. The molecule has 4 nitrogen and oxygen atoms in total. The van der Waals surface area contributed by atoms with Crippen molar-refractivity contribution in [3.63, 3.8) is 0 Å². The van der Waals surface area contributed by atoms with Gasteiger partial charge in [-0.3, -0.25) is 4.90 Å². The fraction of sp³-hybridized carbons (Fsp3) is 0.350. The zero-order valence-corrected chi connectivity index (χ0v) is 17.2. The molecule has 0 bridgehead atoms. The number of carbonyl (C=O) groups is 1.